The standard InChI is InChI=1S/C21H28N2O3.C2HF3O2/c24-20(12-17-4-2-1-3-5-17)23-11-8-21(16-23)13-19(15-26-21)25-14-18-6-9-22-10-7-18;3-2(4,5)1(6)7/h4,6-7,9-10,19H,1-3,5,8,11-16H2;(H,6,7)/t19-,21+;/m1./s1. The van der Waals surface area contributed by atoms with Crippen molar-refractivity contribution < 1.29 is 37.3 Å². The van der Waals surface area contributed by atoms with Crippen molar-refractivity contribution in [3.8, 4) is 0 Å². The number of allylic oxidation sites excluding steroid dienone is 1. The van der Waals surface area contributed by atoms with Crippen LogP contribution in [0.15, 0.2) is 36.2 Å². The van der Waals surface area contributed by atoms with E-state index in [0.29, 0.717) is 26.2 Å². The van der Waals surface area contributed by atoms with Crippen molar-refractivity contribution in [2.24, 2.45) is 0 Å². The Labute approximate surface area is 190 Å². The number of pyridine rings is 1. The zero-order valence-corrected chi connectivity index (χ0v) is 18.4. The van der Waals surface area contributed by atoms with Crippen molar-refractivity contribution in [2.75, 3.05) is 19.7 Å². The second-order valence-corrected chi connectivity index (χ2v) is 8.64. The topological polar surface area (TPSA) is 89.0 Å². The Morgan fingerprint density at radius 1 is 1.27 bits per heavy atom. The largest absolute Gasteiger partial charge is 0.490 e. The number of hydrogen-bond acceptors (Lipinski definition) is 5. The lowest BCUT2D eigenvalue weighted by Gasteiger charge is -2.24. The van der Waals surface area contributed by atoms with Crippen molar-refractivity contribution in [1.82, 2.24) is 9.88 Å². The summed E-state index contributed by atoms with van der Waals surface area (Å²) in [6.07, 6.45) is 7.97. The quantitative estimate of drug-likeness (QED) is 0.657. The third-order valence-electron chi connectivity index (χ3n) is 6.09. The number of carbonyl (C=O) groups excluding carboxylic acids is 1. The van der Waals surface area contributed by atoms with Gasteiger partial charge in [-0.15, -0.1) is 0 Å². The minimum Gasteiger partial charge on any atom is -0.475 e. The van der Waals surface area contributed by atoms with Gasteiger partial charge >= 0.3 is 12.1 Å². The first-order valence-electron chi connectivity index (χ1n) is 11.1. The predicted octanol–water partition coefficient (Wildman–Crippen LogP) is 3.88. The number of likely N-dealkylation sites (tertiary alicyclic amines) is 1. The van der Waals surface area contributed by atoms with Crippen LogP contribution in [-0.2, 0) is 25.7 Å². The Morgan fingerprint density at radius 3 is 2.64 bits per heavy atom. The number of ether oxygens (including phenoxy) is 2. The Hall–Kier alpha value is -2.46. The van der Waals surface area contributed by atoms with Crippen LogP contribution >= 0.6 is 0 Å². The molecule has 1 N–H and O–H groups in total. The molecule has 1 aromatic heterocycles. The smallest absolute Gasteiger partial charge is 0.475 e. The molecule has 0 radical (unpaired) electrons. The lowest BCUT2D eigenvalue weighted by molar-refractivity contribution is -0.192. The Kier molecular flexibility index (Phi) is 8.47. The van der Waals surface area contributed by atoms with Crippen LogP contribution in [0.1, 0.15) is 50.5 Å². The van der Waals surface area contributed by atoms with E-state index in [1.165, 1.54) is 18.4 Å². The number of nitrogens with zero attached hydrogens (tertiary/aromatic N) is 2. The van der Waals surface area contributed by atoms with E-state index >= 15 is 0 Å². The van der Waals surface area contributed by atoms with Crippen molar-refractivity contribution >= 4 is 11.9 Å². The molecule has 0 bridgehead atoms. The molecule has 0 unspecified atom stereocenters. The summed E-state index contributed by atoms with van der Waals surface area (Å²) in [5.74, 6) is -2.49. The van der Waals surface area contributed by atoms with E-state index in [1.54, 1.807) is 12.4 Å². The minimum atomic E-state index is -5.08. The third-order valence-corrected chi connectivity index (χ3v) is 6.09. The molecule has 0 aromatic carbocycles. The number of aromatic nitrogens is 1. The number of alkyl halides is 3. The first kappa shape index (κ1) is 25.2. The van der Waals surface area contributed by atoms with Crippen LogP contribution in [0.2, 0.25) is 0 Å². The molecule has 2 fully saturated rings. The summed E-state index contributed by atoms with van der Waals surface area (Å²) in [6, 6.07) is 3.95. The molecule has 10 heteroatoms. The summed E-state index contributed by atoms with van der Waals surface area (Å²) >= 11 is 0. The Balaban J connectivity index is 0.000000383. The van der Waals surface area contributed by atoms with Gasteiger partial charge in [0, 0.05) is 38.3 Å². The fourth-order valence-corrected chi connectivity index (χ4v) is 4.32. The SMILES string of the molecule is O=C(CC1=CCCCC1)N1CC[C@]2(C[C@@H](OCc3ccncc3)CO2)C1.O=C(O)C(F)(F)F. The van der Waals surface area contributed by atoms with Gasteiger partial charge in [-0.3, -0.25) is 9.78 Å². The van der Waals surface area contributed by atoms with Crippen molar-refractivity contribution in [1.29, 1.82) is 0 Å². The molecule has 3 aliphatic rings. The van der Waals surface area contributed by atoms with E-state index in [4.69, 9.17) is 19.4 Å². The Morgan fingerprint density at radius 2 is 2.00 bits per heavy atom. The van der Waals surface area contributed by atoms with E-state index in [0.717, 1.165) is 37.8 Å². The Bertz CT molecular complexity index is 846. The van der Waals surface area contributed by atoms with E-state index in [-0.39, 0.29) is 17.6 Å². The molecule has 0 saturated carbocycles. The molecule has 1 aromatic rings. The summed E-state index contributed by atoms with van der Waals surface area (Å²) in [4.78, 5) is 27.6. The molecule has 1 aliphatic carbocycles. The number of hydrogen-bond donors (Lipinski definition) is 1. The number of carboxylic acid groups (broad SMARTS) is 1. The van der Waals surface area contributed by atoms with E-state index in [9.17, 15) is 18.0 Å². The monoisotopic (exact) mass is 470 g/mol. The second-order valence-electron chi connectivity index (χ2n) is 8.64. The van der Waals surface area contributed by atoms with Crippen LogP contribution in [0.5, 0.6) is 0 Å². The fourth-order valence-electron chi connectivity index (χ4n) is 4.32. The highest BCUT2D eigenvalue weighted by Crippen LogP contribution is 2.37. The van der Waals surface area contributed by atoms with Crippen LogP contribution in [0.3, 0.4) is 0 Å². The van der Waals surface area contributed by atoms with Gasteiger partial charge in [-0.05, 0) is 49.8 Å². The van der Waals surface area contributed by atoms with E-state index in [2.05, 4.69) is 11.1 Å². The van der Waals surface area contributed by atoms with Crippen LogP contribution in [0.25, 0.3) is 0 Å². The normalized spacial score (nSPS) is 24.9. The summed E-state index contributed by atoms with van der Waals surface area (Å²) in [5, 5.41) is 7.12. The summed E-state index contributed by atoms with van der Waals surface area (Å²) in [7, 11) is 0. The number of rotatable bonds is 5. The lowest BCUT2D eigenvalue weighted by atomic mass is 9.96. The number of carbonyl (C=O) groups is 2. The van der Waals surface area contributed by atoms with Gasteiger partial charge in [-0.25, -0.2) is 4.79 Å². The fraction of sp³-hybridized carbons (Fsp3) is 0.609. The molecule has 2 aliphatic heterocycles. The first-order valence-corrected chi connectivity index (χ1v) is 11.1. The highest BCUT2D eigenvalue weighted by atomic mass is 19.4. The molecular formula is C23H29F3N2O5. The molecule has 4 rings (SSSR count). The molecule has 1 amide bonds. The van der Waals surface area contributed by atoms with E-state index < -0.39 is 12.1 Å². The number of amides is 1. The van der Waals surface area contributed by atoms with Gasteiger partial charge in [0.15, 0.2) is 0 Å². The third kappa shape index (κ3) is 7.53. The summed E-state index contributed by atoms with van der Waals surface area (Å²) in [6.45, 7) is 2.74. The number of halogens is 3. The second kappa shape index (κ2) is 11.1. The van der Waals surface area contributed by atoms with Crippen LogP contribution in [-0.4, -0.2) is 64.4 Å². The van der Waals surface area contributed by atoms with Gasteiger partial charge in [0.2, 0.25) is 5.91 Å². The highest BCUT2D eigenvalue weighted by molar-refractivity contribution is 5.79. The number of carboxylic acids is 1. The number of aliphatic carboxylic acids is 1. The molecular weight excluding hydrogens is 441 g/mol. The van der Waals surface area contributed by atoms with Crippen LogP contribution in [0, 0.1) is 0 Å². The van der Waals surface area contributed by atoms with Gasteiger partial charge < -0.3 is 19.5 Å². The molecule has 1 spiro atoms. The molecule has 3 heterocycles. The molecule has 33 heavy (non-hydrogen) atoms. The molecule has 182 valence electrons. The van der Waals surface area contributed by atoms with Crippen LogP contribution in [0.4, 0.5) is 13.2 Å². The van der Waals surface area contributed by atoms with Crippen molar-refractivity contribution in [3.63, 3.8) is 0 Å². The zero-order chi connectivity index (χ0) is 23.9. The van der Waals surface area contributed by atoms with Gasteiger partial charge in [0.05, 0.1) is 24.9 Å². The zero-order valence-electron chi connectivity index (χ0n) is 18.4. The van der Waals surface area contributed by atoms with E-state index in [1.807, 2.05) is 17.0 Å². The van der Waals surface area contributed by atoms with Gasteiger partial charge in [0.25, 0.3) is 0 Å². The van der Waals surface area contributed by atoms with Crippen molar-refractivity contribution in [2.45, 2.75) is 69.4 Å². The first-order chi connectivity index (χ1) is 15.7. The summed E-state index contributed by atoms with van der Waals surface area (Å²) < 4.78 is 43.9. The highest BCUT2D eigenvalue weighted by Gasteiger charge is 2.47. The van der Waals surface area contributed by atoms with Gasteiger partial charge in [0.1, 0.15) is 0 Å². The maximum Gasteiger partial charge on any atom is 0.490 e. The van der Waals surface area contributed by atoms with Crippen LogP contribution < -0.4 is 0 Å². The maximum atomic E-state index is 12.6. The molecule has 7 nitrogen and oxygen atoms in total. The average molecular weight is 470 g/mol. The predicted molar refractivity (Wildman–Crippen MR) is 112 cm³/mol. The molecule has 2 saturated heterocycles. The maximum absolute atomic E-state index is 12.6. The minimum absolute atomic E-state index is 0.110. The van der Waals surface area contributed by atoms with Gasteiger partial charge in [-0.1, -0.05) is 11.6 Å². The average Bonchev–Trinajstić information content (AvgIpc) is 3.40. The van der Waals surface area contributed by atoms with Crippen molar-refractivity contribution in [3.05, 3.63) is 41.7 Å². The van der Waals surface area contributed by atoms with Gasteiger partial charge in [-0.2, -0.15) is 13.2 Å². The lowest BCUT2D eigenvalue weighted by Crippen LogP contribution is -2.36. The molecule has 2 atom stereocenters. The summed E-state index contributed by atoms with van der Waals surface area (Å²) in [5.41, 5.74) is 2.26.